The van der Waals surface area contributed by atoms with Gasteiger partial charge >= 0.3 is 0 Å². The van der Waals surface area contributed by atoms with Crippen LogP contribution >= 0.6 is 0 Å². The van der Waals surface area contributed by atoms with Gasteiger partial charge in [0.2, 0.25) is 0 Å². The summed E-state index contributed by atoms with van der Waals surface area (Å²) < 4.78 is 6.71. The summed E-state index contributed by atoms with van der Waals surface area (Å²) in [6.45, 7) is 18.9. The van der Waals surface area contributed by atoms with Gasteiger partial charge in [-0.2, -0.15) is 0 Å². The van der Waals surface area contributed by atoms with Gasteiger partial charge in [0, 0.05) is 0 Å². The summed E-state index contributed by atoms with van der Waals surface area (Å²) in [6.07, 6.45) is 13.7. The fraction of sp³-hybridized carbons (Fsp3) is 1.00. The van der Waals surface area contributed by atoms with Crippen molar-refractivity contribution in [2.75, 3.05) is 6.61 Å². The number of rotatable bonds is 0. The van der Waals surface area contributed by atoms with Crippen molar-refractivity contribution in [2.24, 2.45) is 56.2 Å². The maximum atomic E-state index is 10.9. The summed E-state index contributed by atoms with van der Waals surface area (Å²) in [6, 6.07) is 0. The highest BCUT2D eigenvalue weighted by atomic mass is 16.5. The van der Waals surface area contributed by atoms with Gasteiger partial charge in [0.05, 0.1) is 18.8 Å². The predicted octanol–water partition coefficient (Wildman–Crippen LogP) is 7.24. The van der Waals surface area contributed by atoms with E-state index in [0.717, 1.165) is 30.8 Å². The van der Waals surface area contributed by atoms with Crippen LogP contribution in [0.15, 0.2) is 0 Å². The third-order valence-corrected chi connectivity index (χ3v) is 14.1. The molecule has 2 heteroatoms. The first-order chi connectivity index (χ1) is 14.8. The Morgan fingerprint density at radius 1 is 0.688 bits per heavy atom. The van der Waals surface area contributed by atoms with E-state index in [-0.39, 0.29) is 11.5 Å². The van der Waals surface area contributed by atoms with Gasteiger partial charge in [-0.1, -0.05) is 48.5 Å². The van der Waals surface area contributed by atoms with Gasteiger partial charge in [-0.15, -0.1) is 0 Å². The smallest absolute Gasteiger partial charge is 0.0663 e. The zero-order valence-electron chi connectivity index (χ0n) is 22.1. The Bertz CT molecular complexity index is 801. The summed E-state index contributed by atoms with van der Waals surface area (Å²) >= 11 is 0. The molecule has 1 aliphatic heterocycles. The van der Waals surface area contributed by atoms with E-state index in [4.69, 9.17) is 4.74 Å². The van der Waals surface area contributed by atoms with Crippen LogP contribution in [-0.2, 0) is 4.74 Å². The molecule has 10 atom stereocenters. The maximum Gasteiger partial charge on any atom is 0.0663 e. The third kappa shape index (κ3) is 2.41. The van der Waals surface area contributed by atoms with E-state index >= 15 is 0 Å². The lowest BCUT2D eigenvalue weighted by molar-refractivity contribution is -0.252. The second-order valence-corrected chi connectivity index (χ2v) is 15.7. The fourth-order valence-electron chi connectivity index (χ4n) is 12.0. The minimum atomic E-state index is -0.122. The van der Waals surface area contributed by atoms with Crippen molar-refractivity contribution in [3.05, 3.63) is 0 Å². The van der Waals surface area contributed by atoms with Crippen molar-refractivity contribution in [3.8, 4) is 0 Å². The number of fused-ring (bicyclic) bond motifs is 5. The molecule has 2 nitrogen and oxygen atoms in total. The Balaban J connectivity index is 1.39. The molecular formula is C30H50O2. The first kappa shape index (κ1) is 22.4. The largest absolute Gasteiger partial charge is 0.393 e. The van der Waals surface area contributed by atoms with Crippen LogP contribution in [0.4, 0.5) is 0 Å². The molecule has 0 aromatic heterocycles. The van der Waals surface area contributed by atoms with E-state index in [1.54, 1.807) is 0 Å². The lowest BCUT2D eigenvalue weighted by atomic mass is 9.31. The number of ether oxygens (including phenoxy) is 1. The van der Waals surface area contributed by atoms with Gasteiger partial charge in [-0.05, 0) is 120 Å². The number of hydrogen-bond donors (Lipinski definition) is 1. The molecular weight excluding hydrogens is 392 g/mol. The molecule has 0 aromatic carbocycles. The lowest BCUT2D eigenvalue weighted by Gasteiger charge is -2.73. The highest BCUT2D eigenvalue weighted by Crippen LogP contribution is 2.78. The average molecular weight is 443 g/mol. The van der Waals surface area contributed by atoms with Crippen molar-refractivity contribution in [1.29, 1.82) is 0 Å². The van der Waals surface area contributed by atoms with Crippen molar-refractivity contribution in [3.63, 3.8) is 0 Å². The van der Waals surface area contributed by atoms with Crippen LogP contribution in [0.3, 0.4) is 0 Å². The molecule has 1 saturated heterocycles. The Morgan fingerprint density at radius 3 is 2.16 bits per heavy atom. The molecule has 0 radical (unpaired) electrons. The first-order valence-electron chi connectivity index (χ1n) is 14.1. The quantitative estimate of drug-likeness (QED) is 0.428. The zero-order valence-corrected chi connectivity index (χ0v) is 22.1. The Labute approximate surface area is 197 Å². The van der Waals surface area contributed by atoms with Crippen molar-refractivity contribution >= 4 is 0 Å². The molecule has 1 N–H and O–H groups in total. The summed E-state index contributed by atoms with van der Waals surface area (Å²) in [5, 5.41) is 10.9. The Morgan fingerprint density at radius 2 is 1.41 bits per heavy atom. The Hall–Kier alpha value is -0.0800. The minimum Gasteiger partial charge on any atom is -0.393 e. The van der Waals surface area contributed by atoms with Crippen LogP contribution in [0.1, 0.15) is 113 Å². The molecule has 0 unspecified atom stereocenters. The van der Waals surface area contributed by atoms with Gasteiger partial charge in [0.25, 0.3) is 0 Å². The topological polar surface area (TPSA) is 29.5 Å². The van der Waals surface area contributed by atoms with Gasteiger partial charge in [-0.3, -0.25) is 0 Å². The van der Waals surface area contributed by atoms with E-state index in [0.29, 0.717) is 39.1 Å². The van der Waals surface area contributed by atoms with Gasteiger partial charge in [0.1, 0.15) is 0 Å². The molecule has 1 heterocycles. The SMILES string of the molecule is CC1(C)CC[C@]23CC[C@]4(C)[C@H](CC[C@@H]5[C@@]6(C)CC[C@H](O)C(C)(C)[C@H]6CC[C@]54C)[C@H]2[C@@H]1OC3. The van der Waals surface area contributed by atoms with Crippen LogP contribution in [-0.4, -0.2) is 23.9 Å². The van der Waals surface area contributed by atoms with E-state index in [1.807, 2.05) is 0 Å². The lowest BCUT2D eigenvalue weighted by Crippen LogP contribution is -2.67. The highest BCUT2D eigenvalue weighted by molar-refractivity contribution is 5.21. The van der Waals surface area contributed by atoms with Crippen LogP contribution in [0.5, 0.6) is 0 Å². The molecule has 2 bridgehead atoms. The average Bonchev–Trinajstić information content (AvgIpc) is 3.05. The second kappa shape index (κ2) is 6.37. The second-order valence-electron chi connectivity index (χ2n) is 15.7. The van der Waals surface area contributed by atoms with Crippen molar-refractivity contribution in [1.82, 2.24) is 0 Å². The van der Waals surface area contributed by atoms with Gasteiger partial charge in [0.15, 0.2) is 0 Å². The molecule has 0 amide bonds. The van der Waals surface area contributed by atoms with E-state index in [9.17, 15) is 5.11 Å². The third-order valence-electron chi connectivity index (χ3n) is 14.1. The highest BCUT2D eigenvalue weighted by Gasteiger charge is 2.72. The maximum absolute atomic E-state index is 10.9. The monoisotopic (exact) mass is 442 g/mol. The summed E-state index contributed by atoms with van der Waals surface area (Å²) in [5.41, 5.74) is 2.16. The fourth-order valence-corrected chi connectivity index (χ4v) is 12.0. The molecule has 6 fully saturated rings. The Kier molecular flexibility index (Phi) is 4.46. The number of hydrogen-bond acceptors (Lipinski definition) is 2. The van der Waals surface area contributed by atoms with E-state index in [2.05, 4.69) is 48.5 Å². The molecule has 0 aromatic rings. The molecule has 0 spiro atoms. The molecule has 6 rings (SSSR count). The van der Waals surface area contributed by atoms with Crippen LogP contribution in [0.2, 0.25) is 0 Å². The molecule has 5 aliphatic carbocycles. The van der Waals surface area contributed by atoms with E-state index in [1.165, 1.54) is 57.8 Å². The zero-order chi connectivity index (χ0) is 22.9. The molecule has 182 valence electrons. The van der Waals surface area contributed by atoms with Crippen LogP contribution in [0, 0.1) is 56.2 Å². The van der Waals surface area contributed by atoms with Crippen molar-refractivity contribution in [2.45, 2.75) is 125 Å². The summed E-state index contributed by atoms with van der Waals surface area (Å²) in [7, 11) is 0. The molecule has 32 heavy (non-hydrogen) atoms. The van der Waals surface area contributed by atoms with Crippen LogP contribution < -0.4 is 0 Å². The minimum absolute atomic E-state index is 0.0586. The first-order valence-corrected chi connectivity index (χ1v) is 14.1. The predicted molar refractivity (Wildman–Crippen MR) is 130 cm³/mol. The standard InChI is InChI=1S/C30H50O2/c1-25(2)14-16-30-17-15-28(6)19(23(30)24(25)32-18-30)8-9-21-27(5)12-11-22(31)26(3,4)20(27)10-13-29(21,28)7/h19-24,31H,8-18H2,1-7H3/t19-,20-,21-,22+,23+,24+,27+,28-,29-,30-/m1/s1. The normalized spacial score (nSPS) is 60.0. The van der Waals surface area contributed by atoms with E-state index < -0.39 is 0 Å². The number of aliphatic hydroxyl groups is 1. The van der Waals surface area contributed by atoms with Gasteiger partial charge in [-0.25, -0.2) is 0 Å². The molecule has 5 saturated carbocycles. The summed E-state index contributed by atoms with van der Waals surface area (Å²) in [4.78, 5) is 0. The van der Waals surface area contributed by atoms with Gasteiger partial charge < -0.3 is 9.84 Å². The number of aliphatic hydroxyl groups excluding tert-OH is 1. The van der Waals surface area contributed by atoms with Crippen molar-refractivity contribution < 1.29 is 9.84 Å². The molecule has 6 aliphatic rings. The van der Waals surface area contributed by atoms with Crippen LogP contribution in [0.25, 0.3) is 0 Å². The summed E-state index contributed by atoms with van der Waals surface area (Å²) in [5.74, 6) is 3.11.